The zero-order valence-electron chi connectivity index (χ0n) is 11.6. The maximum atomic E-state index is 13.8. The van der Waals surface area contributed by atoms with Crippen LogP contribution in [-0.2, 0) is 9.47 Å². The fourth-order valence-electron chi connectivity index (χ4n) is 2.88. The van der Waals surface area contributed by atoms with E-state index in [2.05, 4.69) is 0 Å². The third kappa shape index (κ3) is 2.66. The summed E-state index contributed by atoms with van der Waals surface area (Å²) in [6.45, 7) is 3.10. The highest BCUT2D eigenvalue weighted by Gasteiger charge is 2.45. The molecule has 1 aromatic carbocycles. The van der Waals surface area contributed by atoms with E-state index in [-0.39, 0.29) is 23.7 Å². The molecule has 2 fully saturated rings. The van der Waals surface area contributed by atoms with Crippen molar-refractivity contribution in [3.05, 3.63) is 29.6 Å². The molecule has 5 heteroatoms. The molecule has 0 bridgehead atoms. The molecular weight excluding hydrogens is 261 g/mol. The van der Waals surface area contributed by atoms with Gasteiger partial charge in [-0.3, -0.25) is 0 Å². The van der Waals surface area contributed by atoms with Crippen LogP contribution in [-0.4, -0.2) is 31.1 Å². The molecule has 1 saturated heterocycles. The molecule has 4 nitrogen and oxygen atoms in total. The molecule has 2 N–H and O–H groups in total. The number of halogens is 1. The van der Waals surface area contributed by atoms with E-state index in [9.17, 15) is 4.39 Å². The summed E-state index contributed by atoms with van der Waals surface area (Å²) in [5.41, 5.74) is 7.06. The molecular formula is C15H20FNO3. The first kappa shape index (κ1) is 13.8. The Morgan fingerprint density at radius 2 is 2.10 bits per heavy atom. The van der Waals surface area contributed by atoms with Crippen molar-refractivity contribution in [2.24, 2.45) is 5.73 Å². The van der Waals surface area contributed by atoms with Crippen LogP contribution in [0.2, 0.25) is 0 Å². The van der Waals surface area contributed by atoms with Crippen LogP contribution < -0.4 is 10.5 Å². The molecule has 1 aliphatic heterocycles. The van der Waals surface area contributed by atoms with E-state index in [0.717, 1.165) is 18.4 Å². The number of hydrogen-bond donors (Lipinski definition) is 1. The molecule has 1 aromatic rings. The SMILES string of the molecule is Cc1ccc(F)c(OC2CC3(CCC2N)OCCO3)c1. The largest absolute Gasteiger partial charge is 0.486 e. The van der Waals surface area contributed by atoms with Gasteiger partial charge in [0.25, 0.3) is 0 Å². The lowest BCUT2D eigenvalue weighted by Gasteiger charge is -2.39. The molecule has 1 aliphatic carbocycles. The topological polar surface area (TPSA) is 53.7 Å². The molecule has 1 spiro atoms. The van der Waals surface area contributed by atoms with Crippen LogP contribution in [0.4, 0.5) is 4.39 Å². The van der Waals surface area contributed by atoms with E-state index in [4.69, 9.17) is 19.9 Å². The lowest BCUT2D eigenvalue weighted by molar-refractivity contribution is -0.195. The predicted molar refractivity (Wildman–Crippen MR) is 72.0 cm³/mol. The zero-order valence-corrected chi connectivity index (χ0v) is 11.6. The number of nitrogens with two attached hydrogens (primary N) is 1. The van der Waals surface area contributed by atoms with Crippen LogP contribution in [0.1, 0.15) is 24.8 Å². The van der Waals surface area contributed by atoms with E-state index in [1.165, 1.54) is 6.07 Å². The summed E-state index contributed by atoms with van der Waals surface area (Å²) in [4.78, 5) is 0. The first-order chi connectivity index (χ1) is 9.58. The van der Waals surface area contributed by atoms with Gasteiger partial charge in [-0.15, -0.1) is 0 Å². The highest BCUT2D eigenvalue weighted by Crippen LogP contribution is 2.37. The Morgan fingerprint density at radius 1 is 1.35 bits per heavy atom. The third-order valence-corrected chi connectivity index (χ3v) is 4.03. The van der Waals surface area contributed by atoms with Crippen LogP contribution in [0.25, 0.3) is 0 Å². The van der Waals surface area contributed by atoms with Crippen molar-refractivity contribution in [2.45, 2.75) is 44.1 Å². The molecule has 2 aliphatic rings. The fourth-order valence-corrected chi connectivity index (χ4v) is 2.88. The molecule has 0 radical (unpaired) electrons. The van der Waals surface area contributed by atoms with Crippen molar-refractivity contribution in [2.75, 3.05) is 13.2 Å². The third-order valence-electron chi connectivity index (χ3n) is 4.03. The standard InChI is InChI=1S/C15H20FNO3/c1-10-2-3-11(16)13(8-10)20-14-9-15(5-4-12(14)17)18-6-7-19-15/h2-3,8,12,14H,4-7,9,17H2,1H3. The Labute approximate surface area is 118 Å². The van der Waals surface area contributed by atoms with E-state index >= 15 is 0 Å². The number of ether oxygens (including phenoxy) is 3. The quantitative estimate of drug-likeness (QED) is 0.902. The van der Waals surface area contributed by atoms with Crippen molar-refractivity contribution >= 4 is 0 Å². The monoisotopic (exact) mass is 281 g/mol. The smallest absolute Gasteiger partial charge is 0.172 e. The van der Waals surface area contributed by atoms with E-state index < -0.39 is 5.79 Å². The van der Waals surface area contributed by atoms with E-state index in [1.54, 1.807) is 12.1 Å². The van der Waals surface area contributed by atoms with Gasteiger partial charge in [-0.1, -0.05) is 6.07 Å². The molecule has 2 unspecified atom stereocenters. The molecule has 2 atom stereocenters. The van der Waals surface area contributed by atoms with Gasteiger partial charge in [-0.2, -0.15) is 0 Å². The van der Waals surface area contributed by atoms with Gasteiger partial charge in [0.2, 0.25) is 0 Å². The van der Waals surface area contributed by atoms with Crippen molar-refractivity contribution < 1.29 is 18.6 Å². The van der Waals surface area contributed by atoms with E-state index in [1.807, 2.05) is 6.92 Å². The van der Waals surface area contributed by atoms with Crippen LogP contribution in [0.5, 0.6) is 5.75 Å². The minimum absolute atomic E-state index is 0.131. The van der Waals surface area contributed by atoms with Gasteiger partial charge in [-0.05, 0) is 31.0 Å². The Balaban J connectivity index is 1.76. The average molecular weight is 281 g/mol. The van der Waals surface area contributed by atoms with Crippen LogP contribution in [0.3, 0.4) is 0 Å². The summed E-state index contributed by atoms with van der Waals surface area (Å²) in [6, 6.07) is 4.69. The van der Waals surface area contributed by atoms with Gasteiger partial charge in [0, 0.05) is 18.9 Å². The lowest BCUT2D eigenvalue weighted by atomic mass is 9.88. The Morgan fingerprint density at radius 3 is 2.85 bits per heavy atom. The van der Waals surface area contributed by atoms with Gasteiger partial charge < -0.3 is 19.9 Å². The summed E-state index contributed by atoms with van der Waals surface area (Å²) in [7, 11) is 0. The van der Waals surface area contributed by atoms with Gasteiger partial charge in [0.1, 0.15) is 6.10 Å². The fraction of sp³-hybridized carbons (Fsp3) is 0.600. The van der Waals surface area contributed by atoms with E-state index in [0.29, 0.717) is 19.6 Å². The van der Waals surface area contributed by atoms with Crippen molar-refractivity contribution in [3.8, 4) is 5.75 Å². The molecule has 3 rings (SSSR count). The van der Waals surface area contributed by atoms with Gasteiger partial charge in [-0.25, -0.2) is 4.39 Å². The molecule has 1 saturated carbocycles. The second-order valence-electron chi connectivity index (χ2n) is 5.60. The minimum atomic E-state index is -0.583. The van der Waals surface area contributed by atoms with Gasteiger partial charge in [0.05, 0.1) is 13.2 Å². The number of aryl methyl sites for hydroxylation is 1. The van der Waals surface area contributed by atoms with Crippen molar-refractivity contribution in [3.63, 3.8) is 0 Å². The summed E-state index contributed by atoms with van der Waals surface area (Å²) < 4.78 is 31.0. The molecule has 110 valence electrons. The zero-order chi connectivity index (χ0) is 14.2. The highest BCUT2D eigenvalue weighted by atomic mass is 19.1. The van der Waals surface area contributed by atoms with Gasteiger partial charge in [0.15, 0.2) is 17.4 Å². The molecule has 0 amide bonds. The predicted octanol–water partition coefficient (Wildman–Crippen LogP) is 2.14. The minimum Gasteiger partial charge on any atom is -0.486 e. The molecule has 1 heterocycles. The number of rotatable bonds is 2. The van der Waals surface area contributed by atoms with Crippen LogP contribution in [0.15, 0.2) is 18.2 Å². The number of hydrogen-bond acceptors (Lipinski definition) is 4. The van der Waals surface area contributed by atoms with Crippen molar-refractivity contribution in [1.82, 2.24) is 0 Å². The lowest BCUT2D eigenvalue weighted by Crippen LogP contribution is -2.51. The Bertz CT molecular complexity index is 488. The maximum absolute atomic E-state index is 13.8. The van der Waals surface area contributed by atoms with Crippen LogP contribution in [0, 0.1) is 12.7 Å². The first-order valence-electron chi connectivity index (χ1n) is 7.04. The molecule has 20 heavy (non-hydrogen) atoms. The number of benzene rings is 1. The second-order valence-corrected chi connectivity index (χ2v) is 5.60. The average Bonchev–Trinajstić information content (AvgIpc) is 2.87. The highest BCUT2D eigenvalue weighted by molar-refractivity contribution is 5.29. The van der Waals surface area contributed by atoms with Gasteiger partial charge >= 0.3 is 0 Å². The summed E-state index contributed by atoms with van der Waals surface area (Å²) >= 11 is 0. The Hall–Kier alpha value is -1.17. The Kier molecular flexibility index (Phi) is 3.67. The summed E-state index contributed by atoms with van der Waals surface area (Å²) in [5.74, 6) is -0.697. The second kappa shape index (κ2) is 5.31. The summed E-state index contributed by atoms with van der Waals surface area (Å²) in [5, 5.41) is 0. The summed E-state index contributed by atoms with van der Waals surface area (Å²) in [6.07, 6.45) is 1.77. The normalized spacial score (nSPS) is 28.8. The van der Waals surface area contributed by atoms with Crippen LogP contribution >= 0.6 is 0 Å². The van der Waals surface area contributed by atoms with Crippen molar-refractivity contribution in [1.29, 1.82) is 0 Å². The first-order valence-corrected chi connectivity index (χ1v) is 7.04. The maximum Gasteiger partial charge on any atom is 0.172 e. The molecule has 0 aromatic heterocycles.